The lowest BCUT2D eigenvalue weighted by molar-refractivity contribution is 0.0600. The highest BCUT2D eigenvalue weighted by Crippen LogP contribution is 2.18. The Labute approximate surface area is 135 Å². The molecule has 0 atom stereocenters. The molecule has 0 aliphatic rings. The van der Waals surface area contributed by atoms with Gasteiger partial charge in [0.2, 0.25) is 0 Å². The summed E-state index contributed by atoms with van der Waals surface area (Å²) < 4.78 is 22.9. The SMILES string of the molecule is COC(=O)c1ccc(CNCCc2ccc(F)c(OC)c2)cc1. The van der Waals surface area contributed by atoms with E-state index in [1.54, 1.807) is 24.3 Å². The molecule has 0 unspecified atom stereocenters. The summed E-state index contributed by atoms with van der Waals surface area (Å²) >= 11 is 0. The molecule has 0 heterocycles. The Morgan fingerprint density at radius 1 is 1.09 bits per heavy atom. The molecule has 0 bridgehead atoms. The molecule has 122 valence electrons. The lowest BCUT2D eigenvalue weighted by Gasteiger charge is -2.08. The van der Waals surface area contributed by atoms with Gasteiger partial charge >= 0.3 is 5.97 Å². The molecule has 2 rings (SSSR count). The van der Waals surface area contributed by atoms with Crippen molar-refractivity contribution in [2.24, 2.45) is 0 Å². The molecule has 4 nitrogen and oxygen atoms in total. The van der Waals surface area contributed by atoms with Crippen molar-refractivity contribution < 1.29 is 18.7 Å². The Bertz CT molecular complexity index is 656. The average Bonchev–Trinajstić information content (AvgIpc) is 2.59. The minimum absolute atomic E-state index is 0.265. The van der Waals surface area contributed by atoms with E-state index >= 15 is 0 Å². The van der Waals surface area contributed by atoms with Gasteiger partial charge in [-0.15, -0.1) is 0 Å². The van der Waals surface area contributed by atoms with Gasteiger partial charge in [-0.3, -0.25) is 0 Å². The molecule has 0 amide bonds. The highest BCUT2D eigenvalue weighted by molar-refractivity contribution is 5.89. The summed E-state index contributed by atoms with van der Waals surface area (Å²) in [4.78, 5) is 11.3. The number of hydrogen-bond acceptors (Lipinski definition) is 4. The van der Waals surface area contributed by atoms with Gasteiger partial charge < -0.3 is 14.8 Å². The van der Waals surface area contributed by atoms with Crippen LogP contribution in [0.2, 0.25) is 0 Å². The molecule has 5 heteroatoms. The fourth-order valence-corrected chi connectivity index (χ4v) is 2.20. The minimum atomic E-state index is -0.352. The second-order valence-electron chi connectivity index (χ2n) is 5.08. The van der Waals surface area contributed by atoms with Crippen molar-refractivity contribution in [2.45, 2.75) is 13.0 Å². The predicted molar refractivity (Wildman–Crippen MR) is 86.1 cm³/mol. The number of carbonyl (C=O) groups is 1. The zero-order valence-electron chi connectivity index (χ0n) is 13.3. The van der Waals surface area contributed by atoms with Crippen molar-refractivity contribution >= 4 is 5.97 Å². The van der Waals surface area contributed by atoms with Gasteiger partial charge in [-0.05, 0) is 48.4 Å². The van der Waals surface area contributed by atoms with E-state index in [9.17, 15) is 9.18 Å². The third kappa shape index (κ3) is 4.79. The second kappa shape index (κ2) is 8.29. The quantitative estimate of drug-likeness (QED) is 0.630. The molecule has 0 aromatic heterocycles. The highest BCUT2D eigenvalue weighted by atomic mass is 19.1. The number of methoxy groups -OCH3 is 2. The summed E-state index contributed by atoms with van der Waals surface area (Å²) in [6, 6.07) is 12.1. The number of nitrogens with one attached hydrogen (secondary N) is 1. The Kier molecular flexibility index (Phi) is 6.11. The van der Waals surface area contributed by atoms with Crippen molar-refractivity contribution in [3.63, 3.8) is 0 Å². The molecule has 1 N–H and O–H groups in total. The monoisotopic (exact) mass is 317 g/mol. The number of rotatable bonds is 7. The molecule has 23 heavy (non-hydrogen) atoms. The lowest BCUT2D eigenvalue weighted by atomic mass is 10.1. The van der Waals surface area contributed by atoms with Crippen LogP contribution in [-0.4, -0.2) is 26.7 Å². The molecular weight excluding hydrogens is 297 g/mol. The van der Waals surface area contributed by atoms with Crippen molar-refractivity contribution in [3.8, 4) is 5.75 Å². The minimum Gasteiger partial charge on any atom is -0.494 e. The second-order valence-corrected chi connectivity index (χ2v) is 5.08. The van der Waals surface area contributed by atoms with Crippen LogP contribution >= 0.6 is 0 Å². The van der Waals surface area contributed by atoms with Gasteiger partial charge in [0.25, 0.3) is 0 Å². The van der Waals surface area contributed by atoms with E-state index in [2.05, 4.69) is 10.1 Å². The summed E-state index contributed by atoms with van der Waals surface area (Å²) in [7, 11) is 2.82. The first-order valence-corrected chi connectivity index (χ1v) is 7.34. The predicted octanol–water partition coefficient (Wildman–Crippen LogP) is 2.95. The van der Waals surface area contributed by atoms with Gasteiger partial charge in [0.15, 0.2) is 11.6 Å². The largest absolute Gasteiger partial charge is 0.494 e. The van der Waals surface area contributed by atoms with Crippen LogP contribution in [-0.2, 0) is 17.7 Å². The van der Waals surface area contributed by atoms with Crippen molar-refractivity contribution in [1.29, 1.82) is 0 Å². The third-order valence-electron chi connectivity index (χ3n) is 3.51. The fourth-order valence-electron chi connectivity index (χ4n) is 2.20. The van der Waals surface area contributed by atoms with Crippen LogP contribution in [0.4, 0.5) is 4.39 Å². The van der Waals surface area contributed by atoms with Gasteiger partial charge in [-0.25, -0.2) is 9.18 Å². The average molecular weight is 317 g/mol. The Morgan fingerprint density at radius 3 is 2.43 bits per heavy atom. The summed E-state index contributed by atoms with van der Waals surface area (Å²) in [6.45, 7) is 1.45. The standard InChI is InChI=1S/C18H20FNO3/c1-22-17-11-13(5-8-16(17)19)9-10-20-12-14-3-6-15(7-4-14)18(21)23-2/h3-8,11,20H,9-10,12H2,1-2H3. The van der Waals surface area contributed by atoms with Gasteiger partial charge in [0.05, 0.1) is 19.8 Å². The molecule has 0 fully saturated rings. The van der Waals surface area contributed by atoms with Gasteiger partial charge in [0.1, 0.15) is 0 Å². The van der Waals surface area contributed by atoms with Crippen LogP contribution in [0.1, 0.15) is 21.5 Å². The topological polar surface area (TPSA) is 47.6 Å². The Morgan fingerprint density at radius 2 is 1.78 bits per heavy atom. The maximum absolute atomic E-state index is 13.3. The van der Waals surface area contributed by atoms with Gasteiger partial charge in [-0.1, -0.05) is 18.2 Å². The maximum atomic E-state index is 13.3. The molecule has 0 saturated heterocycles. The molecule has 0 radical (unpaired) electrons. The van der Waals surface area contributed by atoms with Gasteiger partial charge in [0, 0.05) is 6.54 Å². The molecule has 0 aliphatic carbocycles. The fraction of sp³-hybridized carbons (Fsp3) is 0.278. The number of halogens is 1. The Balaban J connectivity index is 1.80. The van der Waals surface area contributed by atoms with E-state index < -0.39 is 0 Å². The highest BCUT2D eigenvalue weighted by Gasteiger charge is 2.05. The zero-order valence-corrected chi connectivity index (χ0v) is 13.3. The molecule has 2 aromatic rings. The first-order valence-electron chi connectivity index (χ1n) is 7.34. The third-order valence-corrected chi connectivity index (χ3v) is 3.51. The van der Waals surface area contributed by atoms with Crippen molar-refractivity contribution in [3.05, 3.63) is 65.0 Å². The number of carbonyl (C=O) groups excluding carboxylic acids is 1. The van der Waals surface area contributed by atoms with Crippen LogP contribution in [0.5, 0.6) is 5.75 Å². The Hall–Kier alpha value is -2.40. The lowest BCUT2D eigenvalue weighted by Crippen LogP contribution is -2.16. The molecule has 0 aliphatic heterocycles. The van der Waals surface area contributed by atoms with Gasteiger partial charge in [-0.2, -0.15) is 0 Å². The maximum Gasteiger partial charge on any atom is 0.337 e. The number of hydrogen-bond donors (Lipinski definition) is 1. The van der Waals surface area contributed by atoms with Crippen LogP contribution < -0.4 is 10.1 Å². The van der Waals surface area contributed by atoms with Crippen LogP contribution in [0.25, 0.3) is 0 Å². The molecule has 0 spiro atoms. The number of ether oxygens (including phenoxy) is 2. The summed E-state index contributed by atoms with van der Waals surface area (Å²) in [5.74, 6) is -0.425. The van der Waals surface area contributed by atoms with E-state index in [4.69, 9.17) is 4.74 Å². The van der Waals surface area contributed by atoms with Crippen LogP contribution in [0, 0.1) is 5.82 Å². The number of esters is 1. The van der Waals surface area contributed by atoms with Crippen LogP contribution in [0.15, 0.2) is 42.5 Å². The normalized spacial score (nSPS) is 10.4. The first-order chi connectivity index (χ1) is 11.1. The zero-order chi connectivity index (χ0) is 16.7. The van der Waals surface area contributed by atoms with E-state index in [0.717, 1.165) is 24.1 Å². The summed E-state index contributed by atoms with van der Waals surface area (Å²) in [5, 5.41) is 3.31. The van der Waals surface area contributed by atoms with Crippen LogP contribution in [0.3, 0.4) is 0 Å². The van der Waals surface area contributed by atoms with E-state index in [0.29, 0.717) is 12.1 Å². The van der Waals surface area contributed by atoms with E-state index in [1.807, 2.05) is 12.1 Å². The molecule has 0 saturated carbocycles. The number of benzene rings is 2. The van der Waals surface area contributed by atoms with Crippen molar-refractivity contribution in [2.75, 3.05) is 20.8 Å². The summed E-state index contributed by atoms with van der Waals surface area (Å²) in [6.07, 6.45) is 0.775. The smallest absolute Gasteiger partial charge is 0.337 e. The molecular formula is C18H20FNO3. The molecule has 2 aromatic carbocycles. The van der Waals surface area contributed by atoms with E-state index in [-0.39, 0.29) is 17.5 Å². The summed E-state index contributed by atoms with van der Waals surface area (Å²) in [5.41, 5.74) is 2.63. The van der Waals surface area contributed by atoms with E-state index in [1.165, 1.54) is 20.3 Å². The van der Waals surface area contributed by atoms with Crippen molar-refractivity contribution in [1.82, 2.24) is 5.32 Å². The first kappa shape index (κ1) is 17.0.